The molecule has 0 aliphatic carbocycles. The van der Waals surface area contributed by atoms with Crippen LogP contribution in [-0.2, 0) is 10.8 Å². The number of aliphatic hydroxyl groups excluding tert-OH is 1. The molecule has 0 saturated heterocycles. The summed E-state index contributed by atoms with van der Waals surface area (Å²) in [4.78, 5) is 0. The van der Waals surface area contributed by atoms with Gasteiger partial charge in [0.05, 0.1) is 11.9 Å². The molecule has 1 N–H and O–H groups in total. The highest BCUT2D eigenvalue weighted by atomic mass is 32.2. The van der Waals surface area contributed by atoms with Crippen LogP contribution in [0.25, 0.3) is 0 Å². The van der Waals surface area contributed by atoms with Crippen LogP contribution in [0, 0.1) is 11.6 Å². The zero-order valence-corrected chi connectivity index (χ0v) is 11.4. The Bertz CT molecular complexity index is 536. The molecule has 106 valence electrons. The molecule has 0 aliphatic heterocycles. The van der Waals surface area contributed by atoms with Crippen LogP contribution in [0.1, 0.15) is 16.4 Å². The second-order valence-electron chi connectivity index (χ2n) is 4.29. The normalized spacial score (nSPS) is 12.6. The molecule has 2 aromatic rings. The lowest BCUT2D eigenvalue weighted by Crippen LogP contribution is -2.13. The number of halogens is 2. The van der Waals surface area contributed by atoms with E-state index >= 15 is 0 Å². The van der Waals surface area contributed by atoms with Gasteiger partial charge in [0.15, 0.2) is 0 Å². The summed E-state index contributed by atoms with van der Waals surface area (Å²) in [7, 11) is -1.37. The third-order valence-electron chi connectivity index (χ3n) is 2.90. The Morgan fingerprint density at radius 1 is 0.900 bits per heavy atom. The summed E-state index contributed by atoms with van der Waals surface area (Å²) < 4.78 is 38.3. The van der Waals surface area contributed by atoms with Crippen molar-refractivity contribution in [1.82, 2.24) is 0 Å². The molecule has 0 saturated carbocycles. The average molecular weight is 296 g/mol. The number of rotatable bonds is 5. The van der Waals surface area contributed by atoms with Crippen LogP contribution in [0.2, 0.25) is 0 Å². The first-order chi connectivity index (χ1) is 9.61. The molecular formula is C15H14F2O2S. The van der Waals surface area contributed by atoms with Gasteiger partial charge in [-0.2, -0.15) is 0 Å². The Labute approximate surface area is 118 Å². The van der Waals surface area contributed by atoms with E-state index in [1.54, 1.807) is 24.3 Å². The molecule has 20 heavy (non-hydrogen) atoms. The van der Waals surface area contributed by atoms with E-state index < -0.39 is 16.0 Å². The molecule has 0 bridgehead atoms. The Balaban J connectivity index is 2.41. The molecule has 0 radical (unpaired) electrons. The lowest BCUT2D eigenvalue weighted by Gasteiger charge is -2.17. The molecule has 0 amide bonds. The van der Waals surface area contributed by atoms with Crippen molar-refractivity contribution < 1.29 is 18.1 Å². The van der Waals surface area contributed by atoms with E-state index in [4.69, 9.17) is 5.11 Å². The molecule has 2 rings (SSSR count). The minimum atomic E-state index is -1.37. The summed E-state index contributed by atoms with van der Waals surface area (Å²) >= 11 is 0. The predicted octanol–water partition coefficient (Wildman–Crippen LogP) is 2.80. The Kier molecular flexibility index (Phi) is 4.98. The van der Waals surface area contributed by atoms with Gasteiger partial charge in [-0.3, -0.25) is 4.21 Å². The SMILES string of the molecule is O=S(CCO)C(c1ccc(F)cc1)c1ccc(F)cc1. The maximum Gasteiger partial charge on any atom is 0.123 e. The molecule has 0 aromatic heterocycles. The van der Waals surface area contributed by atoms with Gasteiger partial charge in [0, 0.05) is 16.6 Å². The first-order valence-corrected chi connectivity index (χ1v) is 7.49. The van der Waals surface area contributed by atoms with Crippen molar-refractivity contribution in [2.75, 3.05) is 12.4 Å². The summed E-state index contributed by atoms with van der Waals surface area (Å²) in [5, 5.41) is 8.44. The smallest absolute Gasteiger partial charge is 0.123 e. The monoisotopic (exact) mass is 296 g/mol. The highest BCUT2D eigenvalue weighted by molar-refractivity contribution is 7.85. The van der Waals surface area contributed by atoms with Crippen LogP contribution in [0.3, 0.4) is 0 Å². The van der Waals surface area contributed by atoms with Gasteiger partial charge >= 0.3 is 0 Å². The van der Waals surface area contributed by atoms with Gasteiger partial charge in [0.1, 0.15) is 11.6 Å². The van der Waals surface area contributed by atoms with Crippen molar-refractivity contribution in [3.05, 3.63) is 71.3 Å². The summed E-state index contributed by atoms with van der Waals surface area (Å²) in [6.45, 7) is -0.203. The molecule has 2 aromatic carbocycles. The fraction of sp³-hybridized carbons (Fsp3) is 0.200. The molecule has 2 nitrogen and oxygen atoms in total. The van der Waals surface area contributed by atoms with Gasteiger partial charge in [-0.1, -0.05) is 24.3 Å². The van der Waals surface area contributed by atoms with Crippen LogP contribution in [0.5, 0.6) is 0 Å². The minimum Gasteiger partial charge on any atom is -0.395 e. The van der Waals surface area contributed by atoms with Crippen LogP contribution in [0.15, 0.2) is 48.5 Å². The quantitative estimate of drug-likeness (QED) is 0.921. The Morgan fingerprint density at radius 2 is 1.30 bits per heavy atom. The highest BCUT2D eigenvalue weighted by Gasteiger charge is 2.21. The average Bonchev–Trinajstić information content (AvgIpc) is 2.44. The molecule has 0 spiro atoms. The van der Waals surface area contributed by atoms with E-state index in [0.29, 0.717) is 11.1 Å². The van der Waals surface area contributed by atoms with E-state index in [1.165, 1.54) is 24.3 Å². The van der Waals surface area contributed by atoms with Gasteiger partial charge in [-0.05, 0) is 35.4 Å². The van der Waals surface area contributed by atoms with Crippen molar-refractivity contribution in [2.24, 2.45) is 0 Å². The minimum absolute atomic E-state index is 0.111. The third-order valence-corrected chi connectivity index (χ3v) is 4.56. The number of hydrogen-bond donors (Lipinski definition) is 1. The van der Waals surface area contributed by atoms with Crippen molar-refractivity contribution in [1.29, 1.82) is 0 Å². The Morgan fingerprint density at radius 3 is 1.65 bits per heavy atom. The van der Waals surface area contributed by atoms with Crippen molar-refractivity contribution in [3.63, 3.8) is 0 Å². The maximum atomic E-state index is 13.0. The van der Waals surface area contributed by atoms with Crippen LogP contribution >= 0.6 is 0 Å². The molecule has 1 unspecified atom stereocenters. The van der Waals surface area contributed by atoms with E-state index in [-0.39, 0.29) is 24.0 Å². The second kappa shape index (κ2) is 6.72. The summed E-state index contributed by atoms with van der Waals surface area (Å²) in [5.74, 6) is -0.640. The van der Waals surface area contributed by atoms with Crippen LogP contribution < -0.4 is 0 Å². The van der Waals surface area contributed by atoms with Crippen molar-refractivity contribution in [3.8, 4) is 0 Å². The third kappa shape index (κ3) is 3.49. The number of hydrogen-bond acceptors (Lipinski definition) is 2. The summed E-state index contributed by atoms with van der Waals surface area (Å²) in [5.41, 5.74) is 1.34. The Hall–Kier alpha value is -1.59. The maximum absolute atomic E-state index is 13.0. The van der Waals surface area contributed by atoms with Crippen molar-refractivity contribution in [2.45, 2.75) is 5.25 Å². The predicted molar refractivity (Wildman–Crippen MR) is 74.7 cm³/mol. The van der Waals surface area contributed by atoms with E-state index in [1.807, 2.05) is 0 Å². The molecule has 0 heterocycles. The van der Waals surface area contributed by atoms with Gasteiger partial charge in [0.25, 0.3) is 0 Å². The van der Waals surface area contributed by atoms with E-state index in [2.05, 4.69) is 0 Å². The van der Waals surface area contributed by atoms with Crippen LogP contribution in [-0.4, -0.2) is 21.7 Å². The molecule has 0 aliphatic rings. The van der Waals surface area contributed by atoms with E-state index in [0.717, 1.165) is 0 Å². The molecule has 0 fully saturated rings. The highest BCUT2D eigenvalue weighted by Crippen LogP contribution is 2.28. The zero-order valence-electron chi connectivity index (χ0n) is 10.6. The van der Waals surface area contributed by atoms with Gasteiger partial charge in [-0.25, -0.2) is 8.78 Å². The number of benzene rings is 2. The van der Waals surface area contributed by atoms with Gasteiger partial charge in [-0.15, -0.1) is 0 Å². The van der Waals surface area contributed by atoms with Crippen LogP contribution in [0.4, 0.5) is 8.78 Å². The van der Waals surface area contributed by atoms with E-state index in [9.17, 15) is 13.0 Å². The van der Waals surface area contributed by atoms with Gasteiger partial charge < -0.3 is 5.11 Å². The first-order valence-electron chi connectivity index (χ1n) is 6.11. The number of aliphatic hydroxyl groups is 1. The summed E-state index contributed by atoms with van der Waals surface area (Å²) in [6.07, 6.45) is 0. The standard InChI is InChI=1S/C15H14F2O2S/c16-13-5-1-11(2-6-13)15(20(19)10-9-18)12-3-7-14(17)8-4-12/h1-8,15,18H,9-10H2. The summed E-state index contributed by atoms with van der Waals surface area (Å²) in [6, 6.07) is 11.4. The lowest BCUT2D eigenvalue weighted by atomic mass is 10.0. The molecule has 5 heteroatoms. The topological polar surface area (TPSA) is 37.3 Å². The fourth-order valence-corrected chi connectivity index (χ4v) is 3.32. The second-order valence-corrected chi connectivity index (χ2v) is 5.93. The lowest BCUT2D eigenvalue weighted by molar-refractivity contribution is 0.321. The largest absolute Gasteiger partial charge is 0.395 e. The fourth-order valence-electron chi connectivity index (χ4n) is 1.98. The first kappa shape index (κ1) is 14.8. The van der Waals surface area contributed by atoms with Gasteiger partial charge in [0.2, 0.25) is 0 Å². The molecular weight excluding hydrogens is 282 g/mol. The van der Waals surface area contributed by atoms with Crippen molar-refractivity contribution >= 4 is 10.8 Å². The zero-order chi connectivity index (χ0) is 14.5. The molecule has 1 atom stereocenters.